The number of benzene rings is 3. The molecular formula is C24H20F3NO. The summed E-state index contributed by atoms with van der Waals surface area (Å²) in [6.07, 6.45) is -4.46. The third-order valence-corrected chi connectivity index (χ3v) is 5.52. The van der Waals surface area contributed by atoms with Crippen molar-refractivity contribution < 1.29 is 18.0 Å². The Labute approximate surface area is 167 Å². The standard InChI is InChI=1S/C24H20F3NO/c1-15-8-9-18(12-16(15)2)22-21-13-19(24(25,26)27)10-11-20(21)23(29)28(22)14-17-6-4-3-5-7-17/h3-13,22H,14H2,1-2H3. The Hall–Kier alpha value is -3.08. The Morgan fingerprint density at radius 2 is 1.62 bits per heavy atom. The van der Waals surface area contributed by atoms with Crippen LogP contribution < -0.4 is 0 Å². The monoisotopic (exact) mass is 395 g/mol. The molecular weight excluding hydrogens is 375 g/mol. The summed E-state index contributed by atoms with van der Waals surface area (Å²) in [5.41, 5.74) is 3.88. The van der Waals surface area contributed by atoms with Crippen LogP contribution in [0.2, 0.25) is 0 Å². The zero-order chi connectivity index (χ0) is 20.8. The highest BCUT2D eigenvalue weighted by atomic mass is 19.4. The Balaban J connectivity index is 1.86. The van der Waals surface area contributed by atoms with E-state index < -0.39 is 17.8 Å². The van der Waals surface area contributed by atoms with Gasteiger partial charge in [-0.1, -0.05) is 48.5 Å². The highest BCUT2D eigenvalue weighted by molar-refractivity contribution is 5.99. The summed E-state index contributed by atoms with van der Waals surface area (Å²) in [7, 11) is 0. The topological polar surface area (TPSA) is 20.3 Å². The second-order valence-corrected chi connectivity index (χ2v) is 7.46. The van der Waals surface area contributed by atoms with E-state index in [2.05, 4.69) is 0 Å². The van der Waals surface area contributed by atoms with Crippen LogP contribution in [-0.2, 0) is 12.7 Å². The van der Waals surface area contributed by atoms with E-state index in [4.69, 9.17) is 0 Å². The number of alkyl halides is 3. The number of rotatable bonds is 3. The summed E-state index contributed by atoms with van der Waals surface area (Å²) in [4.78, 5) is 14.8. The minimum absolute atomic E-state index is 0.249. The summed E-state index contributed by atoms with van der Waals surface area (Å²) in [6.45, 7) is 4.27. The van der Waals surface area contributed by atoms with Gasteiger partial charge in [-0.15, -0.1) is 0 Å². The molecule has 3 aromatic rings. The molecule has 0 saturated heterocycles. The molecule has 0 radical (unpaired) electrons. The van der Waals surface area contributed by atoms with E-state index >= 15 is 0 Å². The van der Waals surface area contributed by atoms with E-state index in [9.17, 15) is 18.0 Å². The zero-order valence-electron chi connectivity index (χ0n) is 16.1. The lowest BCUT2D eigenvalue weighted by molar-refractivity contribution is -0.137. The SMILES string of the molecule is Cc1ccc(C2c3cc(C(F)(F)F)ccc3C(=O)N2Cc2ccccc2)cc1C. The quantitative estimate of drug-likeness (QED) is 0.527. The van der Waals surface area contributed by atoms with Crippen LogP contribution in [-0.4, -0.2) is 10.8 Å². The van der Waals surface area contributed by atoms with Crippen molar-refractivity contribution in [3.05, 3.63) is 106 Å². The van der Waals surface area contributed by atoms with Gasteiger partial charge in [0, 0.05) is 12.1 Å². The maximum Gasteiger partial charge on any atom is 0.416 e. The molecule has 0 bridgehead atoms. The fourth-order valence-corrected chi connectivity index (χ4v) is 3.84. The van der Waals surface area contributed by atoms with Crippen molar-refractivity contribution in [2.45, 2.75) is 32.6 Å². The summed E-state index contributed by atoms with van der Waals surface area (Å²) in [6, 6.07) is 18.1. The van der Waals surface area contributed by atoms with Crippen molar-refractivity contribution >= 4 is 5.91 Å². The van der Waals surface area contributed by atoms with E-state index in [1.165, 1.54) is 6.07 Å². The molecule has 1 atom stereocenters. The van der Waals surface area contributed by atoms with Gasteiger partial charge in [-0.3, -0.25) is 4.79 Å². The lowest BCUT2D eigenvalue weighted by Gasteiger charge is -2.27. The number of hydrogen-bond acceptors (Lipinski definition) is 1. The first-order chi connectivity index (χ1) is 13.8. The lowest BCUT2D eigenvalue weighted by Crippen LogP contribution is -2.28. The largest absolute Gasteiger partial charge is 0.416 e. The Bertz CT molecular complexity index is 1070. The molecule has 1 aliphatic rings. The van der Waals surface area contributed by atoms with E-state index in [1.807, 2.05) is 62.4 Å². The molecule has 4 rings (SSSR count). The van der Waals surface area contributed by atoms with E-state index in [0.29, 0.717) is 17.7 Å². The van der Waals surface area contributed by atoms with Crippen LogP contribution in [0.1, 0.15) is 49.8 Å². The first-order valence-corrected chi connectivity index (χ1v) is 9.39. The Morgan fingerprint density at radius 1 is 0.897 bits per heavy atom. The van der Waals surface area contributed by atoms with Gasteiger partial charge < -0.3 is 4.90 Å². The molecule has 2 nitrogen and oxygen atoms in total. The second-order valence-electron chi connectivity index (χ2n) is 7.46. The first-order valence-electron chi connectivity index (χ1n) is 9.39. The fraction of sp³-hybridized carbons (Fsp3) is 0.208. The number of fused-ring (bicyclic) bond motifs is 1. The Kier molecular flexibility index (Phi) is 4.69. The van der Waals surface area contributed by atoms with Gasteiger partial charge >= 0.3 is 6.18 Å². The lowest BCUT2D eigenvalue weighted by atomic mass is 9.93. The normalized spacial score (nSPS) is 16.2. The van der Waals surface area contributed by atoms with Gasteiger partial charge in [0.1, 0.15) is 0 Å². The highest BCUT2D eigenvalue weighted by Gasteiger charge is 2.40. The number of hydrogen-bond donors (Lipinski definition) is 0. The predicted molar refractivity (Wildman–Crippen MR) is 106 cm³/mol. The second kappa shape index (κ2) is 7.07. The van der Waals surface area contributed by atoms with Crippen molar-refractivity contribution in [3.63, 3.8) is 0 Å². The molecule has 1 heterocycles. The predicted octanol–water partition coefficient (Wildman–Crippen LogP) is 6.07. The van der Waals surface area contributed by atoms with E-state index in [1.54, 1.807) is 4.90 Å². The molecule has 0 saturated carbocycles. The maximum absolute atomic E-state index is 13.3. The first kappa shape index (κ1) is 19.2. The molecule has 5 heteroatoms. The van der Waals surface area contributed by atoms with Crippen molar-refractivity contribution in [3.8, 4) is 0 Å². The van der Waals surface area contributed by atoms with Gasteiger partial charge in [-0.2, -0.15) is 13.2 Å². The molecule has 1 unspecified atom stereocenters. The molecule has 1 aliphatic heterocycles. The third-order valence-electron chi connectivity index (χ3n) is 5.52. The van der Waals surface area contributed by atoms with Crippen LogP contribution in [0.15, 0.2) is 66.7 Å². The zero-order valence-corrected chi connectivity index (χ0v) is 16.1. The number of nitrogens with zero attached hydrogens (tertiary/aromatic N) is 1. The number of carbonyl (C=O) groups is 1. The van der Waals surface area contributed by atoms with Crippen LogP contribution in [0, 0.1) is 13.8 Å². The number of halogens is 3. The van der Waals surface area contributed by atoms with Crippen LogP contribution >= 0.6 is 0 Å². The molecule has 0 fully saturated rings. The number of amides is 1. The minimum Gasteiger partial charge on any atom is -0.323 e. The van der Waals surface area contributed by atoms with Crippen molar-refractivity contribution in [1.29, 1.82) is 0 Å². The average Bonchev–Trinajstić information content (AvgIpc) is 2.96. The van der Waals surface area contributed by atoms with Crippen molar-refractivity contribution in [1.82, 2.24) is 4.90 Å². The van der Waals surface area contributed by atoms with Crippen molar-refractivity contribution in [2.75, 3.05) is 0 Å². The van der Waals surface area contributed by atoms with Gasteiger partial charge in [0.2, 0.25) is 0 Å². The van der Waals surface area contributed by atoms with Crippen LogP contribution in [0.25, 0.3) is 0 Å². The molecule has 0 N–H and O–H groups in total. The fourth-order valence-electron chi connectivity index (χ4n) is 3.84. The van der Waals surface area contributed by atoms with Crippen molar-refractivity contribution in [2.24, 2.45) is 0 Å². The molecule has 0 aliphatic carbocycles. The van der Waals surface area contributed by atoms with Gasteiger partial charge in [-0.05, 0) is 59.9 Å². The number of carbonyl (C=O) groups excluding carboxylic acids is 1. The minimum atomic E-state index is -4.46. The number of aryl methyl sites for hydroxylation is 2. The van der Waals surface area contributed by atoms with Crippen LogP contribution in [0.5, 0.6) is 0 Å². The molecule has 29 heavy (non-hydrogen) atoms. The van der Waals surface area contributed by atoms with E-state index in [0.717, 1.165) is 34.4 Å². The average molecular weight is 395 g/mol. The third kappa shape index (κ3) is 3.53. The summed E-state index contributed by atoms with van der Waals surface area (Å²) in [5.74, 6) is -0.249. The summed E-state index contributed by atoms with van der Waals surface area (Å²) >= 11 is 0. The van der Waals surface area contributed by atoms with Crippen LogP contribution in [0.3, 0.4) is 0 Å². The highest BCUT2D eigenvalue weighted by Crippen LogP contribution is 2.42. The summed E-state index contributed by atoms with van der Waals surface area (Å²) in [5, 5.41) is 0. The summed E-state index contributed by atoms with van der Waals surface area (Å²) < 4.78 is 40.0. The van der Waals surface area contributed by atoms with Gasteiger partial charge in [-0.25, -0.2) is 0 Å². The molecule has 1 amide bonds. The van der Waals surface area contributed by atoms with Gasteiger partial charge in [0.15, 0.2) is 0 Å². The van der Waals surface area contributed by atoms with Gasteiger partial charge in [0.25, 0.3) is 5.91 Å². The molecule has 3 aromatic carbocycles. The maximum atomic E-state index is 13.3. The van der Waals surface area contributed by atoms with Crippen LogP contribution in [0.4, 0.5) is 13.2 Å². The smallest absolute Gasteiger partial charge is 0.323 e. The van der Waals surface area contributed by atoms with E-state index in [-0.39, 0.29) is 5.91 Å². The Morgan fingerprint density at radius 3 is 2.28 bits per heavy atom. The molecule has 0 spiro atoms. The van der Waals surface area contributed by atoms with Gasteiger partial charge in [0.05, 0.1) is 11.6 Å². The molecule has 0 aromatic heterocycles. The molecule has 148 valence electrons.